The molecule has 0 radical (unpaired) electrons. The molecule has 0 bridgehead atoms. The van der Waals surface area contributed by atoms with E-state index >= 15 is 0 Å². The lowest BCUT2D eigenvalue weighted by Crippen LogP contribution is -2.45. The molecule has 0 atom stereocenters. The van der Waals surface area contributed by atoms with Crippen LogP contribution in [-0.2, 0) is 29.6 Å². The lowest BCUT2D eigenvalue weighted by atomic mass is 10.3. The second-order valence-electron chi connectivity index (χ2n) is 8.74. The fourth-order valence-corrected chi connectivity index (χ4v) is 6.35. The molecule has 2 aromatic carbocycles. The number of nitrogens with zero attached hydrogens (tertiary/aromatic N) is 3. The van der Waals surface area contributed by atoms with Crippen LogP contribution in [0.4, 0.5) is 8.78 Å². The molecule has 0 spiro atoms. The normalized spacial score (nSPS) is 15.0. The summed E-state index contributed by atoms with van der Waals surface area (Å²) in [7, 11) is -7.32. The molecule has 222 valence electrons. The van der Waals surface area contributed by atoms with Crippen LogP contribution in [0, 0.1) is 11.6 Å². The fraction of sp³-hybridized carbons (Fsp3) is 0.435. The molecule has 1 amide bonds. The van der Waals surface area contributed by atoms with Crippen molar-refractivity contribution in [2.75, 3.05) is 65.3 Å². The molecule has 40 heavy (non-hydrogen) atoms. The van der Waals surface area contributed by atoms with Gasteiger partial charge >= 0.3 is 0 Å². The van der Waals surface area contributed by atoms with Crippen LogP contribution in [-0.4, -0.2) is 107 Å². The molecule has 1 heterocycles. The number of nitrogens with one attached hydrogen (secondary N) is 1. The van der Waals surface area contributed by atoms with E-state index in [1.807, 2.05) is 4.90 Å². The van der Waals surface area contributed by atoms with Gasteiger partial charge in [-0.2, -0.15) is 4.31 Å². The Labute approximate surface area is 236 Å². The van der Waals surface area contributed by atoms with Crippen molar-refractivity contribution in [1.82, 2.24) is 19.0 Å². The zero-order chi connectivity index (χ0) is 29.5. The van der Waals surface area contributed by atoms with E-state index in [4.69, 9.17) is 26.3 Å². The Morgan fingerprint density at radius 3 is 2.27 bits per heavy atom. The molecule has 1 aliphatic rings. The third-order valence-corrected chi connectivity index (χ3v) is 9.90. The average Bonchev–Trinajstić information content (AvgIpc) is 2.92. The number of benzene rings is 2. The second-order valence-corrected chi connectivity index (χ2v) is 13.3. The van der Waals surface area contributed by atoms with Gasteiger partial charge in [0, 0.05) is 44.8 Å². The second kappa shape index (κ2) is 14.0. The summed E-state index contributed by atoms with van der Waals surface area (Å²) in [6.07, 6.45) is 0. The van der Waals surface area contributed by atoms with Crippen LogP contribution >= 0.6 is 11.6 Å². The summed E-state index contributed by atoms with van der Waals surface area (Å²) in [5.41, 5.74) is 1.29. The molecule has 1 fully saturated rings. The van der Waals surface area contributed by atoms with Crippen molar-refractivity contribution in [3.8, 4) is 11.5 Å². The Morgan fingerprint density at radius 2 is 1.70 bits per heavy atom. The highest BCUT2D eigenvalue weighted by Crippen LogP contribution is 2.31. The van der Waals surface area contributed by atoms with Crippen LogP contribution in [0.3, 0.4) is 0 Å². The fourth-order valence-electron chi connectivity index (χ4n) is 3.65. The molecule has 2 N–H and O–H groups in total. The molecule has 0 unspecified atom stereocenters. The van der Waals surface area contributed by atoms with Gasteiger partial charge in [0.15, 0.2) is 17.4 Å². The quantitative estimate of drug-likeness (QED) is 0.249. The van der Waals surface area contributed by atoms with Gasteiger partial charge in [-0.05, 0) is 36.4 Å². The number of morpholine rings is 1. The minimum atomic E-state index is -4.75. The zero-order valence-electron chi connectivity index (χ0n) is 21.4. The van der Waals surface area contributed by atoms with Crippen molar-refractivity contribution >= 4 is 37.6 Å². The predicted molar refractivity (Wildman–Crippen MR) is 140 cm³/mol. The molecular formula is C23H29ClF2N4O8S2. The molecule has 0 saturated carbocycles. The van der Waals surface area contributed by atoms with Gasteiger partial charge < -0.3 is 9.47 Å². The summed E-state index contributed by atoms with van der Waals surface area (Å²) in [4.78, 5) is 12.9. The van der Waals surface area contributed by atoms with Gasteiger partial charge in [-0.25, -0.2) is 35.4 Å². The number of halogens is 3. The smallest absolute Gasteiger partial charge is 0.258 e. The number of sulfonamides is 2. The Hall–Kier alpha value is -2.44. The number of likely N-dealkylation sites (N-methyl/N-ethyl adjacent to an activating group) is 1. The monoisotopic (exact) mass is 626 g/mol. The minimum Gasteiger partial charge on any atom is -0.451 e. The van der Waals surface area contributed by atoms with Crippen LogP contribution < -0.4 is 10.2 Å². The summed E-state index contributed by atoms with van der Waals surface area (Å²) in [5.74, 6) is -4.90. The number of hydrogen-bond donors (Lipinski definition) is 2. The summed E-state index contributed by atoms with van der Waals surface area (Å²) >= 11 is 5.78. The van der Waals surface area contributed by atoms with Crippen LogP contribution in [0.2, 0.25) is 5.02 Å². The molecule has 0 aliphatic carbocycles. The van der Waals surface area contributed by atoms with Gasteiger partial charge in [-0.15, -0.1) is 0 Å². The Bertz CT molecular complexity index is 1370. The average molecular weight is 627 g/mol. The number of carbonyl (C=O) groups excluding carboxylic acids is 1. The summed E-state index contributed by atoms with van der Waals surface area (Å²) < 4.78 is 93.5. The number of rotatable bonds is 13. The molecule has 2 aromatic rings. The van der Waals surface area contributed by atoms with Gasteiger partial charge in [0.1, 0.15) is 5.75 Å². The van der Waals surface area contributed by atoms with Crippen molar-refractivity contribution in [2.45, 2.75) is 4.90 Å². The maximum Gasteiger partial charge on any atom is 0.258 e. The van der Waals surface area contributed by atoms with Crippen LogP contribution in [0.25, 0.3) is 0 Å². The largest absolute Gasteiger partial charge is 0.451 e. The minimum absolute atomic E-state index is 0.0388. The summed E-state index contributed by atoms with van der Waals surface area (Å²) in [5, 5.41) is 9.28. The Morgan fingerprint density at radius 1 is 1.10 bits per heavy atom. The molecule has 0 aromatic heterocycles. The number of hydroxylamine groups is 1. The molecule has 1 saturated heterocycles. The van der Waals surface area contributed by atoms with Crippen LogP contribution in [0.1, 0.15) is 0 Å². The van der Waals surface area contributed by atoms with Gasteiger partial charge in [-0.1, -0.05) is 11.6 Å². The zero-order valence-corrected chi connectivity index (χ0v) is 23.8. The van der Waals surface area contributed by atoms with Crippen molar-refractivity contribution in [3.05, 3.63) is 53.1 Å². The van der Waals surface area contributed by atoms with E-state index in [0.29, 0.717) is 47.8 Å². The van der Waals surface area contributed by atoms with Gasteiger partial charge in [0.2, 0.25) is 20.0 Å². The molecule has 12 nitrogen and oxygen atoms in total. The van der Waals surface area contributed by atoms with Gasteiger partial charge in [-0.3, -0.25) is 14.9 Å². The van der Waals surface area contributed by atoms with Crippen molar-refractivity contribution in [1.29, 1.82) is 0 Å². The van der Waals surface area contributed by atoms with Gasteiger partial charge in [0.05, 0.1) is 30.4 Å². The highest BCUT2D eigenvalue weighted by atomic mass is 35.5. The Balaban J connectivity index is 1.77. The standard InChI is InChI=1S/C23H29ClF2N4O8S2/c1-28(39(33,34)13-10-29-8-11-37-12-9-29)6-7-30(16-22(31)27-32)40(35,36)19-14-20(25)23(21(26)15-19)38-18-4-2-17(24)3-5-18/h2-5,14-15,32H,6-13,16H2,1H3,(H,27,31). The predicted octanol–water partition coefficient (Wildman–Crippen LogP) is 1.50. The van der Waals surface area contributed by atoms with E-state index in [2.05, 4.69) is 0 Å². The SMILES string of the molecule is CN(CCN(CC(=O)NO)S(=O)(=O)c1cc(F)c(Oc2ccc(Cl)cc2)c(F)c1)S(=O)(=O)CCN1CCOCC1. The summed E-state index contributed by atoms with van der Waals surface area (Å²) in [6, 6.07) is 6.58. The number of carbonyl (C=O) groups is 1. The first-order valence-electron chi connectivity index (χ1n) is 11.9. The van der Waals surface area contributed by atoms with Crippen molar-refractivity contribution in [2.24, 2.45) is 0 Å². The highest BCUT2D eigenvalue weighted by Gasteiger charge is 2.31. The lowest BCUT2D eigenvalue weighted by molar-refractivity contribution is -0.129. The first-order valence-corrected chi connectivity index (χ1v) is 15.4. The summed E-state index contributed by atoms with van der Waals surface area (Å²) in [6.45, 7) is 0.495. The number of hydrogen-bond acceptors (Lipinski definition) is 9. The van der Waals surface area contributed by atoms with Crippen LogP contribution in [0.15, 0.2) is 41.3 Å². The van der Waals surface area contributed by atoms with E-state index in [1.165, 1.54) is 36.8 Å². The van der Waals surface area contributed by atoms with Gasteiger partial charge in [0.25, 0.3) is 5.91 Å². The Kier molecular flexibility index (Phi) is 11.2. The van der Waals surface area contributed by atoms with Crippen LogP contribution in [0.5, 0.6) is 11.5 Å². The van der Waals surface area contributed by atoms with E-state index in [1.54, 1.807) is 0 Å². The first kappa shape index (κ1) is 32.1. The topological polar surface area (TPSA) is 146 Å². The number of amides is 1. The van der Waals surface area contributed by atoms with E-state index in [0.717, 1.165) is 4.31 Å². The van der Waals surface area contributed by atoms with E-state index in [-0.39, 0.29) is 24.6 Å². The molecule has 17 heteroatoms. The highest BCUT2D eigenvalue weighted by molar-refractivity contribution is 7.89. The first-order chi connectivity index (χ1) is 18.8. The third kappa shape index (κ3) is 8.53. The van der Waals surface area contributed by atoms with Crippen molar-refractivity contribution < 1.29 is 45.1 Å². The van der Waals surface area contributed by atoms with E-state index in [9.17, 15) is 30.4 Å². The van der Waals surface area contributed by atoms with E-state index < -0.39 is 61.3 Å². The maximum absolute atomic E-state index is 14.8. The molecule has 3 rings (SSSR count). The molecule has 1 aliphatic heterocycles. The maximum atomic E-state index is 14.8. The number of ether oxygens (including phenoxy) is 2. The third-order valence-electron chi connectivity index (χ3n) is 6.00. The molecular weight excluding hydrogens is 598 g/mol. The lowest BCUT2D eigenvalue weighted by Gasteiger charge is -2.28. The van der Waals surface area contributed by atoms with Crippen molar-refractivity contribution in [3.63, 3.8) is 0 Å².